The molecule has 0 aliphatic carbocycles. The summed E-state index contributed by atoms with van der Waals surface area (Å²) in [6, 6.07) is 64.6. The number of fused-ring (bicyclic) bond motifs is 3. The largest absolute Gasteiger partial charge is 0.310 e. The van der Waals surface area contributed by atoms with Gasteiger partial charge in [-0.1, -0.05) is 110 Å². The fraction of sp³-hybridized carbons (Fsp3) is 0. The van der Waals surface area contributed by atoms with E-state index in [0.717, 1.165) is 67.8 Å². The van der Waals surface area contributed by atoms with Gasteiger partial charge in [0.1, 0.15) is 0 Å². The Balaban J connectivity index is 1.06. The summed E-state index contributed by atoms with van der Waals surface area (Å²) < 4.78 is 0. The predicted octanol–water partition coefficient (Wildman–Crippen LogP) is 14.3. The second kappa shape index (κ2) is 15.1. The molecule has 56 heavy (non-hydrogen) atoms. The third kappa shape index (κ3) is 6.72. The molecule has 0 bridgehead atoms. The Bertz CT molecular complexity index is 2600. The first-order valence-electron chi connectivity index (χ1n) is 18.7. The molecule has 0 aliphatic heterocycles. The van der Waals surface area contributed by atoms with Gasteiger partial charge in [0.05, 0.1) is 11.4 Å². The quantitative estimate of drug-likeness (QED) is 0.132. The van der Waals surface area contributed by atoms with E-state index in [9.17, 15) is 0 Å². The third-order valence-corrected chi connectivity index (χ3v) is 10.3. The topological polar surface area (TPSA) is 32.3 Å². The molecule has 266 valence electrons. The highest BCUT2D eigenvalue weighted by Gasteiger charge is 2.16. The molecule has 4 heteroatoms. The van der Waals surface area contributed by atoms with Crippen molar-refractivity contribution in [1.29, 1.82) is 0 Å². The molecule has 9 aromatic rings. The van der Waals surface area contributed by atoms with Gasteiger partial charge in [0.2, 0.25) is 0 Å². The Hall–Kier alpha value is -7.56. The molecule has 2 aromatic heterocycles. The number of pyridine rings is 2. The van der Waals surface area contributed by atoms with Crippen molar-refractivity contribution in [1.82, 2.24) is 9.97 Å². The van der Waals surface area contributed by atoms with Gasteiger partial charge in [-0.2, -0.15) is 0 Å². The predicted molar refractivity (Wildman–Crippen MR) is 237 cm³/mol. The van der Waals surface area contributed by atoms with Crippen LogP contribution in [-0.4, -0.2) is 9.97 Å². The number of benzene rings is 7. The zero-order chi connectivity index (χ0) is 37.8. The Morgan fingerprint density at radius 1 is 0.339 bits per heavy atom. The van der Waals surface area contributed by atoms with Gasteiger partial charge in [-0.25, -0.2) is 0 Å². The smallest absolute Gasteiger partial charge is 0.0624 e. The number of nitrogens with zero attached hydrogens (tertiary/aromatic N) is 4. The molecule has 0 aliphatic rings. The first-order valence-corrected chi connectivity index (χ1v) is 18.7. The van der Waals surface area contributed by atoms with Crippen LogP contribution < -0.4 is 9.80 Å². The van der Waals surface area contributed by atoms with Crippen molar-refractivity contribution in [3.05, 3.63) is 219 Å². The van der Waals surface area contributed by atoms with Crippen LogP contribution in [-0.2, 0) is 0 Å². The highest BCUT2D eigenvalue weighted by molar-refractivity contribution is 6.09. The van der Waals surface area contributed by atoms with E-state index in [-0.39, 0.29) is 0 Å². The van der Waals surface area contributed by atoms with Crippen molar-refractivity contribution in [2.75, 3.05) is 9.80 Å². The zero-order valence-corrected chi connectivity index (χ0v) is 30.8. The highest BCUT2D eigenvalue weighted by atomic mass is 15.1. The van der Waals surface area contributed by atoms with Crippen LogP contribution in [0, 0.1) is 0 Å². The van der Waals surface area contributed by atoms with Gasteiger partial charge in [0.15, 0.2) is 0 Å². The molecule has 0 amide bonds. The second-order valence-electron chi connectivity index (χ2n) is 13.7. The van der Waals surface area contributed by atoms with E-state index in [2.05, 4.69) is 203 Å². The fourth-order valence-corrected chi connectivity index (χ4v) is 7.37. The summed E-state index contributed by atoms with van der Waals surface area (Å²) >= 11 is 0. The van der Waals surface area contributed by atoms with Crippen molar-refractivity contribution < 1.29 is 0 Å². The van der Waals surface area contributed by atoms with Gasteiger partial charge >= 0.3 is 0 Å². The average molecular weight is 719 g/mol. The molecule has 0 spiro atoms. The van der Waals surface area contributed by atoms with Crippen molar-refractivity contribution >= 4 is 67.8 Å². The lowest BCUT2D eigenvalue weighted by molar-refractivity contribution is 1.28. The van der Waals surface area contributed by atoms with Crippen LogP contribution in [0.1, 0.15) is 11.4 Å². The molecule has 7 aromatic carbocycles. The van der Waals surface area contributed by atoms with E-state index in [4.69, 9.17) is 0 Å². The Kier molecular flexibility index (Phi) is 9.20. The lowest BCUT2D eigenvalue weighted by Crippen LogP contribution is -2.10. The van der Waals surface area contributed by atoms with Crippen molar-refractivity contribution in [3.8, 4) is 22.3 Å². The maximum absolute atomic E-state index is 4.50. The average Bonchev–Trinajstić information content (AvgIpc) is 3.28. The molecule has 0 N–H and O–H groups in total. The van der Waals surface area contributed by atoms with E-state index >= 15 is 0 Å². The summed E-state index contributed by atoms with van der Waals surface area (Å²) in [6.07, 6.45) is 7.33. The first kappa shape index (κ1) is 34.2. The maximum Gasteiger partial charge on any atom is 0.0624 e. The number of para-hydroxylation sites is 2. The molecular weight excluding hydrogens is 681 g/mol. The van der Waals surface area contributed by atoms with Crippen LogP contribution >= 0.6 is 0 Å². The summed E-state index contributed by atoms with van der Waals surface area (Å²) in [4.78, 5) is 13.6. The fourth-order valence-electron chi connectivity index (χ4n) is 7.37. The molecule has 2 heterocycles. The van der Waals surface area contributed by atoms with Crippen molar-refractivity contribution in [3.63, 3.8) is 0 Å². The number of aromatic nitrogens is 2. The van der Waals surface area contributed by atoms with Gasteiger partial charge in [-0.15, -0.1) is 0 Å². The van der Waals surface area contributed by atoms with Crippen LogP contribution in [0.25, 0.3) is 56.0 Å². The van der Waals surface area contributed by atoms with E-state index in [0.29, 0.717) is 0 Å². The van der Waals surface area contributed by atoms with Crippen molar-refractivity contribution in [2.45, 2.75) is 0 Å². The van der Waals surface area contributed by atoms with Gasteiger partial charge in [0, 0.05) is 57.6 Å². The van der Waals surface area contributed by atoms with Crippen LogP contribution in [0.5, 0.6) is 0 Å². The molecular formula is C52H38N4. The molecule has 0 atom stereocenters. The lowest BCUT2D eigenvalue weighted by Gasteiger charge is -2.27. The number of hydrogen-bond acceptors (Lipinski definition) is 4. The van der Waals surface area contributed by atoms with Crippen LogP contribution in [0.4, 0.5) is 34.1 Å². The summed E-state index contributed by atoms with van der Waals surface area (Å²) in [7, 11) is 0. The van der Waals surface area contributed by atoms with E-state index < -0.39 is 0 Å². The van der Waals surface area contributed by atoms with Crippen LogP contribution in [0.3, 0.4) is 0 Å². The molecule has 0 saturated carbocycles. The number of anilines is 6. The number of hydrogen-bond donors (Lipinski definition) is 0. The molecule has 9 rings (SSSR count). The molecule has 0 radical (unpaired) electrons. The Morgan fingerprint density at radius 3 is 1.05 bits per heavy atom. The van der Waals surface area contributed by atoms with Gasteiger partial charge in [-0.3, -0.25) is 9.97 Å². The molecule has 0 fully saturated rings. The lowest BCUT2D eigenvalue weighted by atomic mass is 9.99. The van der Waals surface area contributed by atoms with Gasteiger partial charge in [0.25, 0.3) is 0 Å². The van der Waals surface area contributed by atoms with Crippen molar-refractivity contribution in [2.24, 2.45) is 0 Å². The Morgan fingerprint density at radius 2 is 0.696 bits per heavy atom. The molecule has 0 unspecified atom stereocenters. The summed E-state index contributed by atoms with van der Waals surface area (Å²) in [5.41, 5.74) is 12.6. The molecule has 4 nitrogen and oxygen atoms in total. The standard InChI is InChI=1S/C52H38N4/c1-3-43-23-17-41(35-53-43)37-19-25-47(26-20-37)55(45-11-7-5-8-12-45)49-29-31-51-39(33-49)15-16-40-34-50(30-32-52(40)51)56(46-13-9-6-10-14-46)48-27-21-38(22-28-48)42-18-24-44(4-2)54-36-42/h3-36H,1-2H2. The summed E-state index contributed by atoms with van der Waals surface area (Å²) in [5, 5.41) is 4.78. The van der Waals surface area contributed by atoms with Crippen LogP contribution in [0.2, 0.25) is 0 Å². The summed E-state index contributed by atoms with van der Waals surface area (Å²) in [6.45, 7) is 7.65. The van der Waals surface area contributed by atoms with Gasteiger partial charge < -0.3 is 9.80 Å². The van der Waals surface area contributed by atoms with E-state index in [1.165, 1.54) is 21.5 Å². The first-order chi connectivity index (χ1) is 27.6. The Labute approximate surface area is 327 Å². The third-order valence-electron chi connectivity index (χ3n) is 10.3. The monoisotopic (exact) mass is 718 g/mol. The number of rotatable bonds is 10. The normalized spacial score (nSPS) is 11.0. The minimum Gasteiger partial charge on any atom is -0.310 e. The van der Waals surface area contributed by atoms with Gasteiger partial charge in [-0.05, 0) is 130 Å². The minimum atomic E-state index is 0.866. The highest BCUT2D eigenvalue weighted by Crippen LogP contribution is 2.41. The van der Waals surface area contributed by atoms with E-state index in [1.54, 1.807) is 12.2 Å². The minimum absolute atomic E-state index is 0.866. The van der Waals surface area contributed by atoms with Crippen LogP contribution in [0.15, 0.2) is 208 Å². The molecule has 0 saturated heterocycles. The van der Waals surface area contributed by atoms with E-state index in [1.807, 2.05) is 24.5 Å². The second-order valence-corrected chi connectivity index (χ2v) is 13.7. The summed E-state index contributed by atoms with van der Waals surface area (Å²) in [5.74, 6) is 0. The maximum atomic E-state index is 4.50. The zero-order valence-electron chi connectivity index (χ0n) is 30.8. The SMILES string of the molecule is C=Cc1ccc(-c2ccc(N(c3ccccc3)c3ccc4c(ccc5cc(N(c6ccccc6)c6ccc(-c7ccc(C=C)nc7)cc6)ccc54)c3)cc2)cn1.